The van der Waals surface area contributed by atoms with Gasteiger partial charge >= 0.3 is 5.97 Å². The van der Waals surface area contributed by atoms with E-state index in [-0.39, 0.29) is 5.97 Å². The topological polar surface area (TPSA) is 42.0 Å². The molecule has 1 unspecified atom stereocenters. The van der Waals surface area contributed by atoms with Crippen molar-refractivity contribution < 1.29 is 14.3 Å². The molecule has 0 aromatic heterocycles. The van der Waals surface area contributed by atoms with Crippen molar-refractivity contribution in [1.82, 2.24) is 0 Å². The second-order valence-electron chi connectivity index (χ2n) is 10.1. The molecule has 0 aliphatic carbocycles. The summed E-state index contributed by atoms with van der Waals surface area (Å²) in [5.74, 6) is 1.10. The van der Waals surface area contributed by atoms with Crippen LogP contribution in [-0.2, 0) is 10.3 Å². The van der Waals surface area contributed by atoms with E-state index < -0.39 is 5.60 Å². The number of hydrogen-bond donors (Lipinski definition) is 0. The summed E-state index contributed by atoms with van der Waals surface area (Å²) in [6.07, 6.45) is 2.11. The van der Waals surface area contributed by atoms with Gasteiger partial charge < -0.3 is 19.3 Å². The van der Waals surface area contributed by atoms with E-state index in [0.29, 0.717) is 17.1 Å². The zero-order chi connectivity index (χ0) is 27.0. The van der Waals surface area contributed by atoms with Gasteiger partial charge in [-0.25, -0.2) is 4.79 Å². The third-order valence-corrected chi connectivity index (χ3v) is 7.73. The molecule has 0 amide bonds. The summed E-state index contributed by atoms with van der Waals surface area (Å²) < 4.78 is 13.0. The Morgan fingerprint density at radius 3 is 2.13 bits per heavy atom. The van der Waals surface area contributed by atoms with Crippen molar-refractivity contribution >= 4 is 23.0 Å². The number of carbonyl (C=O) groups excluding carboxylic acids is 1. The van der Waals surface area contributed by atoms with Crippen molar-refractivity contribution in [2.45, 2.75) is 39.2 Å². The predicted octanol–water partition coefficient (Wildman–Crippen LogP) is 8.04. The number of hydrogen-bond acceptors (Lipinski definition) is 5. The quantitative estimate of drug-likeness (QED) is 0.221. The molecule has 0 radical (unpaired) electrons. The van der Waals surface area contributed by atoms with E-state index in [9.17, 15) is 4.79 Å². The number of ether oxygens (including phenoxy) is 2. The van der Waals surface area contributed by atoms with Gasteiger partial charge in [-0.2, -0.15) is 0 Å². The van der Waals surface area contributed by atoms with Crippen LogP contribution in [0.2, 0.25) is 0 Å². The summed E-state index contributed by atoms with van der Waals surface area (Å²) in [4.78, 5) is 18.0. The number of nitrogens with zero attached hydrogens (tertiary/aromatic N) is 2. The number of para-hydroxylation sites is 1. The molecule has 0 saturated carbocycles. The average molecular weight is 519 g/mol. The van der Waals surface area contributed by atoms with Crippen LogP contribution in [0, 0.1) is 0 Å². The van der Waals surface area contributed by atoms with Gasteiger partial charge in [-0.3, -0.25) is 0 Å². The summed E-state index contributed by atoms with van der Waals surface area (Å²) in [7, 11) is 0. The Morgan fingerprint density at radius 2 is 1.38 bits per heavy atom. The molecule has 1 atom stereocenters. The average Bonchev–Trinajstić information content (AvgIpc) is 3.26. The van der Waals surface area contributed by atoms with Crippen LogP contribution in [0.3, 0.4) is 0 Å². The first-order valence-corrected chi connectivity index (χ1v) is 14.0. The molecule has 5 nitrogen and oxygen atoms in total. The zero-order valence-corrected chi connectivity index (χ0v) is 22.8. The van der Waals surface area contributed by atoms with Crippen LogP contribution >= 0.6 is 0 Å². The first-order chi connectivity index (χ1) is 19.1. The van der Waals surface area contributed by atoms with Crippen LogP contribution in [-0.4, -0.2) is 25.6 Å². The van der Waals surface area contributed by atoms with Crippen molar-refractivity contribution in [1.29, 1.82) is 0 Å². The Labute approximate surface area is 230 Å². The van der Waals surface area contributed by atoms with Crippen LogP contribution in [0.25, 0.3) is 0 Å². The molecule has 6 rings (SSSR count). The van der Waals surface area contributed by atoms with E-state index in [2.05, 4.69) is 73.0 Å². The first-order valence-electron chi connectivity index (χ1n) is 14.0. The molecule has 4 aromatic rings. The maximum Gasteiger partial charge on any atom is 0.340 e. The van der Waals surface area contributed by atoms with E-state index in [4.69, 9.17) is 9.47 Å². The molecule has 0 bridgehead atoms. The van der Waals surface area contributed by atoms with Crippen molar-refractivity contribution in [2.24, 2.45) is 0 Å². The van der Waals surface area contributed by atoms with Crippen molar-refractivity contribution in [2.75, 3.05) is 29.4 Å². The normalized spacial score (nSPS) is 16.6. The van der Waals surface area contributed by atoms with Crippen LogP contribution in [0.5, 0.6) is 11.5 Å². The minimum absolute atomic E-state index is 0.308. The Morgan fingerprint density at radius 1 is 0.667 bits per heavy atom. The third-order valence-electron chi connectivity index (χ3n) is 7.73. The van der Waals surface area contributed by atoms with Gasteiger partial charge in [-0.1, -0.05) is 50.2 Å². The fourth-order valence-corrected chi connectivity index (χ4v) is 6.05. The third kappa shape index (κ3) is 4.04. The summed E-state index contributed by atoms with van der Waals surface area (Å²) in [5.41, 5.74) is 5.35. The molecular formula is C34H34N2O3. The van der Waals surface area contributed by atoms with Crippen LogP contribution in [0.4, 0.5) is 17.1 Å². The van der Waals surface area contributed by atoms with E-state index in [1.54, 1.807) is 0 Å². The van der Waals surface area contributed by atoms with Gasteiger partial charge in [0, 0.05) is 59.5 Å². The van der Waals surface area contributed by atoms with Gasteiger partial charge in [0.2, 0.25) is 0 Å². The highest BCUT2D eigenvalue weighted by Crippen LogP contribution is 2.57. The number of esters is 1. The van der Waals surface area contributed by atoms with Gasteiger partial charge in [0.1, 0.15) is 11.5 Å². The number of rotatable bonds is 8. The molecule has 0 N–H and O–H groups in total. The van der Waals surface area contributed by atoms with Crippen LogP contribution in [0.15, 0.2) is 91.0 Å². The van der Waals surface area contributed by atoms with Crippen molar-refractivity contribution in [3.8, 4) is 11.5 Å². The van der Waals surface area contributed by atoms with E-state index in [1.165, 1.54) is 0 Å². The molecular weight excluding hydrogens is 484 g/mol. The van der Waals surface area contributed by atoms with E-state index >= 15 is 0 Å². The Bertz CT molecular complexity index is 1510. The number of benzene rings is 4. The number of anilines is 3. The second-order valence-corrected chi connectivity index (χ2v) is 10.1. The van der Waals surface area contributed by atoms with Crippen molar-refractivity contribution in [3.63, 3.8) is 0 Å². The molecule has 2 aliphatic heterocycles. The highest BCUT2D eigenvalue weighted by atomic mass is 16.6. The minimum Gasteiger partial charge on any atom is -0.456 e. The number of carbonyl (C=O) groups is 1. The summed E-state index contributed by atoms with van der Waals surface area (Å²) in [6.45, 7) is 9.26. The van der Waals surface area contributed by atoms with Gasteiger partial charge in [0.25, 0.3) is 0 Å². The summed E-state index contributed by atoms with van der Waals surface area (Å²) >= 11 is 0. The molecule has 39 heavy (non-hydrogen) atoms. The SMILES string of the molecule is CCCN(CCC)c1ccc2c(c1)C1(OC(=O)c3ccccc31)c1ccc(N(CC)c3ccccc3)cc1O2. The van der Waals surface area contributed by atoms with Crippen LogP contribution in [0.1, 0.15) is 60.7 Å². The minimum atomic E-state index is -1.07. The molecule has 198 valence electrons. The Hall–Kier alpha value is -4.25. The molecule has 4 aromatic carbocycles. The molecule has 5 heteroatoms. The fraction of sp³-hybridized carbons (Fsp3) is 0.265. The highest BCUT2D eigenvalue weighted by Gasteiger charge is 2.53. The molecule has 2 aliphatic rings. The zero-order valence-electron chi connectivity index (χ0n) is 22.8. The Balaban J connectivity index is 1.54. The lowest BCUT2D eigenvalue weighted by Crippen LogP contribution is -2.34. The molecule has 2 heterocycles. The molecule has 0 fully saturated rings. The highest BCUT2D eigenvalue weighted by molar-refractivity contribution is 5.97. The van der Waals surface area contributed by atoms with E-state index in [1.807, 2.05) is 48.5 Å². The van der Waals surface area contributed by atoms with Crippen LogP contribution < -0.4 is 14.5 Å². The lowest BCUT2D eigenvalue weighted by molar-refractivity contribution is 0.0224. The van der Waals surface area contributed by atoms with Gasteiger partial charge in [-0.15, -0.1) is 0 Å². The lowest BCUT2D eigenvalue weighted by Gasteiger charge is -2.38. The standard InChI is InChI=1S/C34H34N2O3/c1-4-20-35(21-5-2)25-17-19-31-30(22-25)34(28-15-11-10-14-27(28)33(37)39-34)29-18-16-26(23-32(29)38-31)36(6-3)24-12-8-7-9-13-24/h7-19,22-23H,4-6,20-21H2,1-3H3. The van der Waals surface area contributed by atoms with Gasteiger partial charge in [-0.05, 0) is 68.3 Å². The largest absolute Gasteiger partial charge is 0.456 e. The Kier molecular flexibility index (Phi) is 6.51. The monoisotopic (exact) mass is 518 g/mol. The smallest absolute Gasteiger partial charge is 0.340 e. The summed E-state index contributed by atoms with van der Waals surface area (Å²) in [6, 6.07) is 30.6. The number of fused-ring (bicyclic) bond motifs is 6. The maximum absolute atomic E-state index is 13.3. The molecule has 0 saturated heterocycles. The second kappa shape index (κ2) is 10.1. The first kappa shape index (κ1) is 25.1. The van der Waals surface area contributed by atoms with Crippen molar-refractivity contribution in [3.05, 3.63) is 113 Å². The predicted molar refractivity (Wildman–Crippen MR) is 157 cm³/mol. The van der Waals surface area contributed by atoms with Gasteiger partial charge in [0.15, 0.2) is 5.60 Å². The fourth-order valence-electron chi connectivity index (χ4n) is 6.05. The van der Waals surface area contributed by atoms with Gasteiger partial charge in [0.05, 0.1) is 5.56 Å². The summed E-state index contributed by atoms with van der Waals surface area (Å²) in [5, 5.41) is 0. The lowest BCUT2D eigenvalue weighted by atomic mass is 9.77. The maximum atomic E-state index is 13.3. The molecule has 1 spiro atoms. The van der Waals surface area contributed by atoms with E-state index in [0.717, 1.165) is 66.2 Å².